The number of hydrogen-bond donors (Lipinski definition) is 0. The molecule has 5 heteroatoms. The molecule has 0 aliphatic rings. The lowest BCUT2D eigenvalue weighted by atomic mass is 10.1. The molecular weight excluding hydrogens is 294 g/mol. The van der Waals surface area contributed by atoms with Gasteiger partial charge in [0.1, 0.15) is 5.78 Å². The molecule has 0 fully saturated rings. The number of Topliss-reactive ketones (excluding diaryl/α,β-unsaturated/α-hetero) is 1. The van der Waals surface area contributed by atoms with E-state index in [0.29, 0.717) is 5.75 Å². The van der Waals surface area contributed by atoms with Gasteiger partial charge in [-0.05, 0) is 32.4 Å². The zero-order valence-corrected chi connectivity index (χ0v) is 13.6. The number of aryl methyl sites for hydroxylation is 2. The van der Waals surface area contributed by atoms with E-state index in [1.165, 1.54) is 11.8 Å². The Morgan fingerprint density at radius 3 is 2.64 bits per heavy atom. The van der Waals surface area contributed by atoms with Crippen molar-refractivity contribution in [2.45, 2.75) is 25.9 Å². The van der Waals surface area contributed by atoms with Crippen molar-refractivity contribution < 1.29 is 4.79 Å². The second-order valence-corrected chi connectivity index (χ2v) is 6.27. The molecule has 0 unspecified atom stereocenters. The molecule has 0 bridgehead atoms. The number of imidazole rings is 1. The monoisotopic (exact) mass is 311 g/mol. The summed E-state index contributed by atoms with van der Waals surface area (Å²) in [7, 11) is 0. The first-order chi connectivity index (χ1) is 10.6. The highest BCUT2D eigenvalue weighted by molar-refractivity contribution is 7.99. The summed E-state index contributed by atoms with van der Waals surface area (Å²) in [5.74, 6) is 0.537. The van der Waals surface area contributed by atoms with Gasteiger partial charge < -0.3 is 0 Å². The van der Waals surface area contributed by atoms with Crippen molar-refractivity contribution >= 4 is 23.1 Å². The molecule has 0 aliphatic heterocycles. The Morgan fingerprint density at radius 2 is 1.95 bits per heavy atom. The molecule has 22 heavy (non-hydrogen) atoms. The minimum Gasteiger partial charge on any atom is -0.299 e. The van der Waals surface area contributed by atoms with Gasteiger partial charge in [-0.3, -0.25) is 4.79 Å². The molecule has 0 saturated carbocycles. The molecule has 4 nitrogen and oxygen atoms in total. The first-order valence-corrected chi connectivity index (χ1v) is 8.09. The highest BCUT2D eigenvalue weighted by Crippen LogP contribution is 2.30. The van der Waals surface area contributed by atoms with Crippen molar-refractivity contribution in [1.29, 1.82) is 0 Å². The highest BCUT2D eigenvalue weighted by Gasteiger charge is 2.17. The van der Waals surface area contributed by atoms with Gasteiger partial charge in [0.15, 0.2) is 5.16 Å². The molecule has 0 atom stereocenters. The smallest absolute Gasteiger partial charge is 0.190 e. The zero-order chi connectivity index (χ0) is 15.7. The van der Waals surface area contributed by atoms with Gasteiger partial charge >= 0.3 is 0 Å². The standard InChI is InChI=1S/C17H17N3OS/c1-11-9-12(2)19-20-16(11)15(14-7-5-4-6-8-14)18-17(20)22-10-13(3)21/h4-9H,10H2,1-3H3. The lowest BCUT2D eigenvalue weighted by Gasteiger charge is -2.04. The summed E-state index contributed by atoms with van der Waals surface area (Å²) >= 11 is 1.43. The van der Waals surface area contributed by atoms with Gasteiger partial charge in [0.25, 0.3) is 0 Å². The largest absolute Gasteiger partial charge is 0.299 e. The molecule has 0 N–H and O–H groups in total. The minimum absolute atomic E-state index is 0.132. The van der Waals surface area contributed by atoms with Crippen molar-refractivity contribution in [3.8, 4) is 11.3 Å². The van der Waals surface area contributed by atoms with Crippen LogP contribution in [0, 0.1) is 13.8 Å². The third-order valence-corrected chi connectivity index (χ3v) is 4.41. The topological polar surface area (TPSA) is 47.3 Å². The molecule has 112 valence electrons. The summed E-state index contributed by atoms with van der Waals surface area (Å²) in [6.07, 6.45) is 0. The van der Waals surface area contributed by atoms with E-state index in [4.69, 9.17) is 4.98 Å². The van der Waals surface area contributed by atoms with Crippen LogP contribution < -0.4 is 0 Å². The van der Waals surface area contributed by atoms with Crippen molar-refractivity contribution in [3.05, 3.63) is 47.7 Å². The van der Waals surface area contributed by atoms with Crippen LogP contribution in [-0.4, -0.2) is 26.1 Å². The van der Waals surface area contributed by atoms with Crippen molar-refractivity contribution in [3.63, 3.8) is 0 Å². The maximum Gasteiger partial charge on any atom is 0.190 e. The molecule has 0 radical (unpaired) electrons. The van der Waals surface area contributed by atoms with E-state index < -0.39 is 0 Å². The van der Waals surface area contributed by atoms with Crippen LogP contribution >= 0.6 is 11.8 Å². The number of aromatic nitrogens is 3. The maximum absolute atomic E-state index is 11.3. The number of nitrogens with zero attached hydrogens (tertiary/aromatic N) is 3. The number of thioether (sulfide) groups is 1. The van der Waals surface area contributed by atoms with Crippen LogP contribution in [0.1, 0.15) is 18.2 Å². The van der Waals surface area contributed by atoms with Crippen molar-refractivity contribution in [2.75, 3.05) is 5.75 Å². The van der Waals surface area contributed by atoms with Crippen LogP contribution in [0.4, 0.5) is 0 Å². The van der Waals surface area contributed by atoms with Crippen molar-refractivity contribution in [1.82, 2.24) is 14.6 Å². The van der Waals surface area contributed by atoms with Crippen LogP contribution in [0.15, 0.2) is 41.6 Å². The van der Waals surface area contributed by atoms with E-state index in [-0.39, 0.29) is 5.78 Å². The third-order valence-electron chi connectivity index (χ3n) is 3.33. The second kappa shape index (κ2) is 5.93. The Bertz CT molecular complexity index is 840. The van der Waals surface area contributed by atoms with E-state index in [9.17, 15) is 4.79 Å². The first kappa shape index (κ1) is 14.8. The quantitative estimate of drug-likeness (QED) is 0.689. The number of hydrogen-bond acceptors (Lipinski definition) is 4. The number of fused-ring (bicyclic) bond motifs is 1. The summed E-state index contributed by atoms with van der Waals surface area (Å²) < 4.78 is 1.86. The molecule has 0 saturated heterocycles. The second-order valence-electron chi connectivity index (χ2n) is 5.33. The van der Waals surface area contributed by atoms with E-state index in [0.717, 1.165) is 33.2 Å². The molecule has 0 spiro atoms. The fourth-order valence-corrected chi connectivity index (χ4v) is 3.21. The molecule has 0 aliphatic carbocycles. The summed E-state index contributed by atoms with van der Waals surface area (Å²) in [5, 5.41) is 5.34. The molecule has 3 aromatic rings. The van der Waals surface area contributed by atoms with E-state index in [1.54, 1.807) is 6.92 Å². The highest BCUT2D eigenvalue weighted by atomic mass is 32.2. The van der Waals surface area contributed by atoms with Crippen molar-refractivity contribution in [2.24, 2.45) is 0 Å². The lowest BCUT2D eigenvalue weighted by Crippen LogP contribution is -2.00. The molecule has 1 aromatic carbocycles. The fraction of sp³-hybridized carbons (Fsp3) is 0.235. The Hall–Kier alpha value is -2.14. The summed E-state index contributed by atoms with van der Waals surface area (Å²) in [5.41, 5.74) is 5.04. The molecule has 0 amide bonds. The molecule has 2 heterocycles. The lowest BCUT2D eigenvalue weighted by molar-refractivity contribution is -0.114. The van der Waals surface area contributed by atoms with Gasteiger partial charge in [-0.15, -0.1) is 0 Å². The van der Waals surface area contributed by atoms with Gasteiger partial charge in [0, 0.05) is 5.56 Å². The Morgan fingerprint density at radius 1 is 1.23 bits per heavy atom. The fourth-order valence-electron chi connectivity index (χ4n) is 2.46. The summed E-state index contributed by atoms with van der Waals surface area (Å²) in [6.45, 7) is 5.62. The number of carbonyl (C=O) groups excluding carboxylic acids is 1. The minimum atomic E-state index is 0.132. The van der Waals surface area contributed by atoms with E-state index >= 15 is 0 Å². The van der Waals surface area contributed by atoms with Crippen LogP contribution in [0.2, 0.25) is 0 Å². The summed E-state index contributed by atoms with van der Waals surface area (Å²) in [6, 6.07) is 12.1. The normalized spacial score (nSPS) is 11.0. The van der Waals surface area contributed by atoms with Gasteiger partial charge in [0.2, 0.25) is 0 Å². The average molecular weight is 311 g/mol. The van der Waals surface area contributed by atoms with Crippen LogP contribution in [0.3, 0.4) is 0 Å². The van der Waals surface area contributed by atoms with Gasteiger partial charge in [0.05, 0.1) is 22.7 Å². The van der Waals surface area contributed by atoms with E-state index in [2.05, 4.69) is 18.1 Å². The maximum atomic E-state index is 11.3. The van der Waals surface area contributed by atoms with Crippen LogP contribution in [-0.2, 0) is 4.79 Å². The van der Waals surface area contributed by atoms with Gasteiger partial charge in [-0.1, -0.05) is 42.1 Å². The predicted molar refractivity (Wildman–Crippen MR) is 89.3 cm³/mol. The molecular formula is C17H17N3OS. The molecule has 3 rings (SSSR count). The number of carbonyl (C=O) groups is 1. The van der Waals surface area contributed by atoms with E-state index in [1.807, 2.05) is 41.8 Å². The number of benzene rings is 1. The SMILES string of the molecule is CC(=O)CSc1nc(-c2ccccc2)c2c(C)cc(C)nn12. The zero-order valence-electron chi connectivity index (χ0n) is 12.8. The predicted octanol–water partition coefficient (Wildman–Crippen LogP) is 3.69. The summed E-state index contributed by atoms with van der Waals surface area (Å²) in [4.78, 5) is 16.0. The number of rotatable bonds is 4. The Balaban J connectivity index is 2.22. The average Bonchev–Trinajstić information content (AvgIpc) is 2.85. The first-order valence-electron chi connectivity index (χ1n) is 7.11. The Labute approximate surface area is 133 Å². The third kappa shape index (κ3) is 2.76. The van der Waals surface area contributed by atoms with Crippen LogP contribution in [0.5, 0.6) is 0 Å². The van der Waals surface area contributed by atoms with Crippen LogP contribution in [0.25, 0.3) is 16.8 Å². The van der Waals surface area contributed by atoms with Gasteiger partial charge in [-0.25, -0.2) is 9.50 Å². The Kier molecular flexibility index (Phi) is 3.98. The molecule has 2 aromatic heterocycles. The van der Waals surface area contributed by atoms with Gasteiger partial charge in [-0.2, -0.15) is 5.10 Å². The number of ketones is 1.